The van der Waals surface area contributed by atoms with Crippen LogP contribution in [0.5, 0.6) is 0 Å². The highest BCUT2D eigenvalue weighted by molar-refractivity contribution is 7.26. The van der Waals surface area contributed by atoms with Gasteiger partial charge in [0.05, 0.1) is 0 Å². The van der Waals surface area contributed by atoms with Crippen LogP contribution >= 0.6 is 11.3 Å². The van der Waals surface area contributed by atoms with Crippen molar-refractivity contribution in [2.75, 3.05) is 4.90 Å². The number of rotatable bonds is 6. The fourth-order valence-corrected chi connectivity index (χ4v) is 10.3. The van der Waals surface area contributed by atoms with Gasteiger partial charge < -0.3 is 9.32 Å². The van der Waals surface area contributed by atoms with E-state index in [0.717, 1.165) is 55.5 Å². The molecule has 2 nitrogen and oxygen atoms in total. The van der Waals surface area contributed by atoms with Crippen molar-refractivity contribution in [2.24, 2.45) is 0 Å². The summed E-state index contributed by atoms with van der Waals surface area (Å²) in [6.45, 7) is 0. The van der Waals surface area contributed by atoms with Gasteiger partial charge in [-0.1, -0.05) is 158 Å². The molecule has 276 valence electrons. The summed E-state index contributed by atoms with van der Waals surface area (Å²) in [4.78, 5) is 2.38. The molecule has 2 heterocycles. The summed E-state index contributed by atoms with van der Waals surface area (Å²) in [5.41, 5.74) is 12.3. The Labute approximate surface area is 345 Å². The van der Waals surface area contributed by atoms with Gasteiger partial charge in [0, 0.05) is 53.4 Å². The topological polar surface area (TPSA) is 16.4 Å². The Morgan fingerprint density at radius 2 is 0.949 bits per heavy atom. The zero-order valence-electron chi connectivity index (χ0n) is 32.0. The predicted molar refractivity (Wildman–Crippen MR) is 253 cm³/mol. The van der Waals surface area contributed by atoms with Crippen LogP contribution in [-0.2, 0) is 0 Å². The number of hydrogen-bond acceptors (Lipinski definition) is 3. The minimum atomic E-state index is 0.899. The van der Waals surface area contributed by atoms with Gasteiger partial charge in [0.25, 0.3) is 0 Å². The molecule has 0 aliphatic carbocycles. The van der Waals surface area contributed by atoms with Crippen LogP contribution in [0.4, 0.5) is 17.1 Å². The first kappa shape index (κ1) is 33.7. The fraction of sp³-hybridized carbons (Fsp3) is 0. The minimum Gasteiger partial charge on any atom is -0.455 e. The van der Waals surface area contributed by atoms with Gasteiger partial charge >= 0.3 is 0 Å². The smallest absolute Gasteiger partial charge is 0.143 e. The molecule has 0 aliphatic rings. The molecule has 0 aliphatic heterocycles. The highest BCUT2D eigenvalue weighted by Crippen LogP contribution is 2.44. The van der Waals surface area contributed by atoms with E-state index in [4.69, 9.17) is 4.42 Å². The Kier molecular flexibility index (Phi) is 7.75. The molecular formula is C56H35NOS. The molecule has 3 heteroatoms. The maximum Gasteiger partial charge on any atom is 0.143 e. The van der Waals surface area contributed by atoms with E-state index in [9.17, 15) is 0 Å². The lowest BCUT2D eigenvalue weighted by Gasteiger charge is -2.26. The Morgan fingerprint density at radius 3 is 1.76 bits per heavy atom. The van der Waals surface area contributed by atoms with E-state index in [2.05, 4.69) is 217 Å². The molecular weight excluding hydrogens is 735 g/mol. The number of benzene rings is 10. The first-order valence-corrected chi connectivity index (χ1v) is 20.9. The third kappa shape index (κ3) is 5.55. The van der Waals surface area contributed by atoms with E-state index in [1.165, 1.54) is 58.6 Å². The molecule has 0 saturated heterocycles. The maximum atomic E-state index is 6.55. The molecule has 0 N–H and O–H groups in total. The number of furan rings is 1. The van der Waals surface area contributed by atoms with E-state index in [-0.39, 0.29) is 0 Å². The van der Waals surface area contributed by atoms with Crippen LogP contribution in [0.15, 0.2) is 217 Å². The van der Waals surface area contributed by atoms with Crippen LogP contribution in [0.25, 0.3) is 97.0 Å². The molecule has 2 aromatic heterocycles. The van der Waals surface area contributed by atoms with Crippen molar-refractivity contribution < 1.29 is 4.42 Å². The van der Waals surface area contributed by atoms with Gasteiger partial charge in [0.1, 0.15) is 11.2 Å². The summed E-state index contributed by atoms with van der Waals surface area (Å²) < 4.78 is 9.18. The van der Waals surface area contributed by atoms with Crippen LogP contribution in [0.2, 0.25) is 0 Å². The van der Waals surface area contributed by atoms with Crippen LogP contribution in [-0.4, -0.2) is 0 Å². The minimum absolute atomic E-state index is 0.899. The third-order valence-electron chi connectivity index (χ3n) is 11.9. The Morgan fingerprint density at radius 1 is 0.356 bits per heavy atom. The molecule has 0 radical (unpaired) electrons. The first-order valence-electron chi connectivity index (χ1n) is 20.1. The van der Waals surface area contributed by atoms with E-state index >= 15 is 0 Å². The lowest BCUT2D eigenvalue weighted by Crippen LogP contribution is -2.10. The second kappa shape index (κ2) is 13.6. The molecule has 0 bridgehead atoms. The molecule has 0 unspecified atom stereocenters. The normalized spacial score (nSPS) is 11.7. The number of nitrogens with zero attached hydrogens (tertiary/aromatic N) is 1. The monoisotopic (exact) mass is 769 g/mol. The van der Waals surface area contributed by atoms with Gasteiger partial charge in [0.2, 0.25) is 0 Å². The molecule has 0 fully saturated rings. The molecule has 12 rings (SSSR count). The summed E-state index contributed by atoms with van der Waals surface area (Å²) >= 11 is 1.87. The van der Waals surface area contributed by atoms with Gasteiger partial charge in [0.15, 0.2) is 0 Å². The first-order chi connectivity index (χ1) is 29.2. The Hall–Kier alpha value is -7.46. The average molecular weight is 770 g/mol. The van der Waals surface area contributed by atoms with Crippen molar-refractivity contribution >= 4 is 92.1 Å². The Balaban J connectivity index is 0.992. The molecule has 10 aromatic carbocycles. The highest BCUT2D eigenvalue weighted by Gasteiger charge is 2.18. The van der Waals surface area contributed by atoms with Gasteiger partial charge in [-0.2, -0.15) is 0 Å². The van der Waals surface area contributed by atoms with Crippen molar-refractivity contribution in [1.29, 1.82) is 0 Å². The number of thiophene rings is 1. The van der Waals surface area contributed by atoms with Gasteiger partial charge in [-0.15, -0.1) is 11.3 Å². The van der Waals surface area contributed by atoms with Crippen LogP contribution in [0.1, 0.15) is 0 Å². The number of anilines is 3. The quantitative estimate of drug-likeness (QED) is 0.167. The van der Waals surface area contributed by atoms with Crippen molar-refractivity contribution in [3.05, 3.63) is 212 Å². The zero-order valence-corrected chi connectivity index (χ0v) is 32.8. The van der Waals surface area contributed by atoms with Crippen LogP contribution in [0, 0.1) is 0 Å². The van der Waals surface area contributed by atoms with E-state index in [0.29, 0.717) is 0 Å². The van der Waals surface area contributed by atoms with Crippen LogP contribution < -0.4 is 4.90 Å². The Bertz CT molecular complexity index is 3550. The van der Waals surface area contributed by atoms with Gasteiger partial charge in [-0.05, 0) is 104 Å². The highest BCUT2D eigenvalue weighted by atomic mass is 32.1. The summed E-state index contributed by atoms with van der Waals surface area (Å²) in [6, 6.07) is 76.9. The standard InChI is InChI=1S/C56H35NOS/c1-3-16-44-36(11-1)13-8-19-45(44)38-25-30-41(31-26-38)57(43-15-7-14-40(35-43)48-21-9-22-50-49-18-5-6-24-53(49)59-56(48)50)42-32-27-39(28-33-42)46-20-10-23-52-54(46)51-34-29-37-12-2-4-17-47(37)55(51)58-52/h1-35H. The summed E-state index contributed by atoms with van der Waals surface area (Å²) in [6.07, 6.45) is 0. The predicted octanol–water partition coefficient (Wildman–Crippen LogP) is 16.7. The molecule has 12 aromatic rings. The SMILES string of the molecule is c1cc(-c2cccc3c2sc2ccccc23)cc(N(c2ccc(-c3cccc4ccccc34)cc2)c2ccc(-c3cccc4oc5c6ccccc6ccc5c34)cc2)c1. The van der Waals surface area contributed by atoms with E-state index in [1.807, 2.05) is 11.3 Å². The molecule has 59 heavy (non-hydrogen) atoms. The summed E-state index contributed by atoms with van der Waals surface area (Å²) in [5.74, 6) is 0. The lowest BCUT2D eigenvalue weighted by molar-refractivity contribution is 0.673. The summed E-state index contributed by atoms with van der Waals surface area (Å²) in [7, 11) is 0. The number of fused-ring (bicyclic) bond motifs is 9. The zero-order chi connectivity index (χ0) is 38.9. The third-order valence-corrected chi connectivity index (χ3v) is 13.1. The van der Waals surface area contributed by atoms with Crippen molar-refractivity contribution in [2.45, 2.75) is 0 Å². The van der Waals surface area contributed by atoms with E-state index in [1.54, 1.807) is 0 Å². The largest absolute Gasteiger partial charge is 0.455 e. The second-order valence-electron chi connectivity index (χ2n) is 15.2. The van der Waals surface area contributed by atoms with Crippen LogP contribution in [0.3, 0.4) is 0 Å². The average Bonchev–Trinajstić information content (AvgIpc) is 3.89. The summed E-state index contributed by atoms with van der Waals surface area (Å²) in [5, 5.41) is 9.71. The van der Waals surface area contributed by atoms with Crippen molar-refractivity contribution in [1.82, 2.24) is 0 Å². The number of hydrogen-bond donors (Lipinski definition) is 0. The second-order valence-corrected chi connectivity index (χ2v) is 16.3. The lowest BCUT2D eigenvalue weighted by atomic mass is 9.97. The van der Waals surface area contributed by atoms with E-state index < -0.39 is 0 Å². The maximum absolute atomic E-state index is 6.55. The molecule has 0 atom stereocenters. The van der Waals surface area contributed by atoms with Crippen molar-refractivity contribution in [3.8, 4) is 33.4 Å². The van der Waals surface area contributed by atoms with Gasteiger partial charge in [-0.25, -0.2) is 0 Å². The fourth-order valence-electron chi connectivity index (χ4n) is 9.09. The van der Waals surface area contributed by atoms with Crippen molar-refractivity contribution in [3.63, 3.8) is 0 Å². The molecule has 0 saturated carbocycles. The van der Waals surface area contributed by atoms with Gasteiger partial charge in [-0.3, -0.25) is 0 Å². The molecule has 0 amide bonds. The molecule has 0 spiro atoms.